The quantitative estimate of drug-likeness (QED) is 0.352. The molecule has 2 aliphatic carbocycles. The van der Waals surface area contributed by atoms with Crippen molar-refractivity contribution in [3.8, 4) is 5.75 Å². The summed E-state index contributed by atoms with van der Waals surface area (Å²) in [6.45, 7) is 8.41. The first-order valence-electron chi connectivity index (χ1n) is 9.89. The zero-order valence-electron chi connectivity index (χ0n) is 15.9. The normalized spacial score (nSPS) is 20.1. The summed E-state index contributed by atoms with van der Waals surface area (Å²) < 4.78 is 0. The molecule has 1 atom stereocenters. The number of allylic oxidation sites excluding steroid dienone is 1. The van der Waals surface area contributed by atoms with Crippen LogP contribution in [0.4, 0.5) is 0 Å². The second kappa shape index (κ2) is 6.83. The van der Waals surface area contributed by atoms with E-state index in [0.29, 0.717) is 5.76 Å². The molecule has 2 aromatic rings. The minimum Gasteiger partial charge on any atom is -0.295 e. The molecule has 2 aliphatic rings. The van der Waals surface area contributed by atoms with E-state index in [0.717, 1.165) is 50.7 Å². The van der Waals surface area contributed by atoms with Crippen molar-refractivity contribution < 1.29 is 9.78 Å². The molecule has 0 fully saturated rings. The van der Waals surface area contributed by atoms with Gasteiger partial charge in [0.05, 0.1) is 0 Å². The van der Waals surface area contributed by atoms with Crippen LogP contribution in [0.2, 0.25) is 0 Å². The average Bonchev–Trinajstić information content (AvgIpc) is 3.22. The van der Waals surface area contributed by atoms with Gasteiger partial charge in [-0.25, -0.2) is 0 Å². The van der Waals surface area contributed by atoms with Gasteiger partial charge < -0.3 is 0 Å². The number of hydrogen-bond donors (Lipinski definition) is 0. The van der Waals surface area contributed by atoms with E-state index in [-0.39, 0.29) is 5.41 Å². The van der Waals surface area contributed by atoms with Crippen LogP contribution in [0, 0.1) is 6.92 Å². The standard InChI is InChI=1S/C24H28O2/c1-4-5-9-18(3)25-26-21-12-7-11-20-14-16-24(23(20)21)15-13-19-10-6-8-17(2)22(19)24/h6-8,10-12H,3-5,9,13-16H2,1-2H3. The lowest BCUT2D eigenvalue weighted by Gasteiger charge is -2.29. The molecule has 0 saturated heterocycles. The molecule has 0 radical (unpaired) electrons. The Bertz CT molecular complexity index is 832. The van der Waals surface area contributed by atoms with Crippen LogP contribution in [0.1, 0.15) is 66.8 Å². The third kappa shape index (κ3) is 2.72. The molecule has 2 heteroatoms. The third-order valence-electron chi connectivity index (χ3n) is 6.13. The van der Waals surface area contributed by atoms with Crippen LogP contribution >= 0.6 is 0 Å². The fourth-order valence-electron chi connectivity index (χ4n) is 4.98. The molecular weight excluding hydrogens is 320 g/mol. The van der Waals surface area contributed by atoms with E-state index < -0.39 is 0 Å². The molecule has 0 amide bonds. The molecule has 0 bridgehead atoms. The molecule has 26 heavy (non-hydrogen) atoms. The van der Waals surface area contributed by atoms with Crippen molar-refractivity contribution in [2.45, 2.75) is 64.2 Å². The Balaban J connectivity index is 1.69. The summed E-state index contributed by atoms with van der Waals surface area (Å²) in [5, 5.41) is 0. The van der Waals surface area contributed by atoms with Gasteiger partial charge in [0.25, 0.3) is 0 Å². The van der Waals surface area contributed by atoms with Gasteiger partial charge in [-0.2, -0.15) is 0 Å². The van der Waals surface area contributed by atoms with Gasteiger partial charge in [-0.3, -0.25) is 9.78 Å². The zero-order chi connectivity index (χ0) is 18.1. The first-order chi connectivity index (χ1) is 12.7. The Kier molecular flexibility index (Phi) is 4.52. The lowest BCUT2D eigenvalue weighted by molar-refractivity contribution is -0.169. The number of hydrogen-bond acceptors (Lipinski definition) is 2. The fourth-order valence-corrected chi connectivity index (χ4v) is 4.98. The van der Waals surface area contributed by atoms with E-state index >= 15 is 0 Å². The van der Waals surface area contributed by atoms with Crippen LogP contribution in [0.5, 0.6) is 5.75 Å². The summed E-state index contributed by atoms with van der Waals surface area (Å²) in [6.07, 6.45) is 7.63. The van der Waals surface area contributed by atoms with Crippen molar-refractivity contribution in [1.29, 1.82) is 0 Å². The van der Waals surface area contributed by atoms with Gasteiger partial charge in [0.15, 0.2) is 5.75 Å². The largest absolute Gasteiger partial charge is 0.295 e. The highest BCUT2D eigenvalue weighted by Gasteiger charge is 2.47. The molecule has 2 aromatic carbocycles. The zero-order valence-corrected chi connectivity index (χ0v) is 15.9. The first kappa shape index (κ1) is 17.2. The highest BCUT2D eigenvalue weighted by atomic mass is 17.2. The van der Waals surface area contributed by atoms with E-state index in [1.54, 1.807) is 0 Å². The molecule has 0 aliphatic heterocycles. The van der Waals surface area contributed by atoms with Gasteiger partial charge in [0, 0.05) is 17.4 Å². The summed E-state index contributed by atoms with van der Waals surface area (Å²) in [5.41, 5.74) is 7.26. The Labute approximate surface area is 156 Å². The number of rotatable bonds is 6. The molecule has 1 spiro atoms. The van der Waals surface area contributed by atoms with Crippen LogP contribution in [0.25, 0.3) is 0 Å². The second-order valence-corrected chi connectivity index (χ2v) is 7.79. The van der Waals surface area contributed by atoms with E-state index in [4.69, 9.17) is 9.78 Å². The maximum Gasteiger partial charge on any atom is 0.182 e. The minimum atomic E-state index is 0.0840. The Morgan fingerprint density at radius 1 is 1.04 bits per heavy atom. The highest BCUT2D eigenvalue weighted by Crippen LogP contribution is 2.55. The van der Waals surface area contributed by atoms with Crippen LogP contribution < -0.4 is 4.89 Å². The Morgan fingerprint density at radius 3 is 2.46 bits per heavy atom. The topological polar surface area (TPSA) is 18.5 Å². The molecule has 1 unspecified atom stereocenters. The predicted octanol–water partition coefficient (Wildman–Crippen LogP) is 6.19. The molecule has 136 valence electrons. The van der Waals surface area contributed by atoms with E-state index in [9.17, 15) is 0 Å². The van der Waals surface area contributed by atoms with Crippen molar-refractivity contribution in [1.82, 2.24) is 0 Å². The first-order valence-corrected chi connectivity index (χ1v) is 9.89. The lowest BCUT2D eigenvalue weighted by Crippen LogP contribution is -2.23. The van der Waals surface area contributed by atoms with Crippen molar-refractivity contribution in [3.63, 3.8) is 0 Å². The molecule has 4 rings (SSSR count). The molecule has 0 aromatic heterocycles. The maximum absolute atomic E-state index is 5.85. The summed E-state index contributed by atoms with van der Waals surface area (Å²) in [5.74, 6) is 1.58. The van der Waals surface area contributed by atoms with Crippen LogP contribution in [-0.4, -0.2) is 0 Å². The van der Waals surface area contributed by atoms with Gasteiger partial charge in [0.2, 0.25) is 0 Å². The number of benzene rings is 2. The maximum atomic E-state index is 5.85. The summed E-state index contributed by atoms with van der Waals surface area (Å²) in [7, 11) is 0. The average molecular weight is 348 g/mol. The number of aryl methyl sites for hydroxylation is 3. The smallest absolute Gasteiger partial charge is 0.182 e. The Hall–Kier alpha value is -2.22. The molecule has 0 N–H and O–H groups in total. The molecule has 2 nitrogen and oxygen atoms in total. The van der Waals surface area contributed by atoms with E-state index in [1.165, 1.54) is 27.8 Å². The van der Waals surface area contributed by atoms with Gasteiger partial charge in [-0.1, -0.05) is 50.3 Å². The summed E-state index contributed by atoms with van der Waals surface area (Å²) >= 11 is 0. The molecule has 0 saturated carbocycles. The lowest BCUT2D eigenvalue weighted by atomic mass is 9.75. The van der Waals surface area contributed by atoms with E-state index in [1.807, 2.05) is 0 Å². The van der Waals surface area contributed by atoms with Crippen LogP contribution in [0.15, 0.2) is 48.7 Å². The monoisotopic (exact) mass is 348 g/mol. The van der Waals surface area contributed by atoms with Crippen molar-refractivity contribution in [2.75, 3.05) is 0 Å². The SMILES string of the molecule is C=C(CCCC)OOc1cccc2c1C1(CCc3cccc(C)c31)CC2. The van der Waals surface area contributed by atoms with Crippen molar-refractivity contribution in [3.05, 3.63) is 76.6 Å². The van der Waals surface area contributed by atoms with Gasteiger partial charge in [-0.05, 0) is 67.3 Å². The van der Waals surface area contributed by atoms with Gasteiger partial charge >= 0.3 is 0 Å². The van der Waals surface area contributed by atoms with Crippen LogP contribution in [-0.2, 0) is 23.1 Å². The fraction of sp³-hybridized carbons (Fsp3) is 0.417. The van der Waals surface area contributed by atoms with Crippen LogP contribution in [0.3, 0.4) is 0 Å². The van der Waals surface area contributed by atoms with Gasteiger partial charge in [0.1, 0.15) is 5.76 Å². The second-order valence-electron chi connectivity index (χ2n) is 7.79. The number of fused-ring (bicyclic) bond motifs is 4. The molecule has 0 heterocycles. The van der Waals surface area contributed by atoms with Gasteiger partial charge in [-0.15, -0.1) is 0 Å². The summed E-state index contributed by atoms with van der Waals surface area (Å²) in [6, 6.07) is 13.1. The van der Waals surface area contributed by atoms with Crippen molar-refractivity contribution in [2.24, 2.45) is 0 Å². The third-order valence-corrected chi connectivity index (χ3v) is 6.13. The predicted molar refractivity (Wildman–Crippen MR) is 105 cm³/mol. The molecular formula is C24H28O2. The number of unbranched alkanes of at least 4 members (excludes halogenated alkanes) is 1. The summed E-state index contributed by atoms with van der Waals surface area (Å²) in [4.78, 5) is 11.4. The minimum absolute atomic E-state index is 0.0840. The van der Waals surface area contributed by atoms with Crippen molar-refractivity contribution >= 4 is 0 Å². The van der Waals surface area contributed by atoms with E-state index in [2.05, 4.69) is 56.8 Å². The highest BCUT2D eigenvalue weighted by molar-refractivity contribution is 5.60. The Morgan fingerprint density at radius 2 is 1.73 bits per heavy atom.